The van der Waals surface area contributed by atoms with Gasteiger partial charge in [-0.15, -0.1) is 4.41 Å². The molecule has 17 heavy (non-hydrogen) atoms. The van der Waals surface area contributed by atoms with Crippen LogP contribution >= 0.6 is 0 Å². The van der Waals surface area contributed by atoms with Crippen molar-refractivity contribution in [2.75, 3.05) is 13.1 Å². The van der Waals surface area contributed by atoms with Gasteiger partial charge in [0.05, 0.1) is 4.90 Å². The predicted molar refractivity (Wildman–Crippen MR) is 65.7 cm³/mol. The summed E-state index contributed by atoms with van der Waals surface area (Å²) in [7, 11) is -3.46. The van der Waals surface area contributed by atoms with Gasteiger partial charge < -0.3 is 0 Å². The predicted octanol–water partition coefficient (Wildman–Crippen LogP) is 0.625. The molecular formula is C11H17N3O2S. The first-order valence-corrected chi connectivity index (χ1v) is 6.96. The number of benzene rings is 1. The largest absolute Gasteiger partial charge is 0.257 e. The lowest BCUT2D eigenvalue weighted by Crippen LogP contribution is -2.41. The molecule has 6 heteroatoms. The van der Waals surface area contributed by atoms with Crippen LogP contribution in [-0.2, 0) is 10.0 Å². The fourth-order valence-electron chi connectivity index (χ4n) is 2.22. The standard InChI is InChI=1S/C11H17N3O2S/c1-8-6-9(2)11(10(3)7-8)17(15,16)14-5-4-12-13-14/h6-7,12-13H,4-5H2,1-3H3. The SMILES string of the molecule is Cc1cc(C)c(S(=O)(=O)N2CCNN2)c(C)c1. The third kappa shape index (κ3) is 2.21. The molecule has 0 bridgehead atoms. The Morgan fingerprint density at radius 1 is 1.18 bits per heavy atom. The second kappa shape index (κ2) is 4.38. The van der Waals surface area contributed by atoms with Crippen LogP contribution in [0.15, 0.2) is 17.0 Å². The van der Waals surface area contributed by atoms with E-state index in [0.717, 1.165) is 16.7 Å². The Morgan fingerprint density at radius 2 is 1.76 bits per heavy atom. The minimum atomic E-state index is -3.46. The zero-order valence-corrected chi connectivity index (χ0v) is 11.1. The second-order valence-corrected chi connectivity index (χ2v) is 6.14. The third-order valence-corrected chi connectivity index (χ3v) is 4.81. The van der Waals surface area contributed by atoms with E-state index in [0.29, 0.717) is 18.0 Å². The van der Waals surface area contributed by atoms with Crippen molar-refractivity contribution < 1.29 is 8.42 Å². The fraction of sp³-hybridized carbons (Fsp3) is 0.455. The van der Waals surface area contributed by atoms with Gasteiger partial charge >= 0.3 is 0 Å². The van der Waals surface area contributed by atoms with Crippen LogP contribution in [-0.4, -0.2) is 25.9 Å². The van der Waals surface area contributed by atoms with Crippen molar-refractivity contribution in [3.63, 3.8) is 0 Å². The summed E-state index contributed by atoms with van der Waals surface area (Å²) in [5.74, 6) is 0. The first-order valence-electron chi connectivity index (χ1n) is 5.52. The van der Waals surface area contributed by atoms with E-state index < -0.39 is 10.0 Å². The number of hydrogen-bond donors (Lipinski definition) is 2. The molecule has 2 rings (SSSR count). The maximum absolute atomic E-state index is 12.4. The molecule has 1 heterocycles. The summed E-state index contributed by atoms with van der Waals surface area (Å²) in [6, 6.07) is 3.78. The molecular weight excluding hydrogens is 238 g/mol. The minimum absolute atomic E-state index is 0.402. The van der Waals surface area contributed by atoms with Crippen LogP contribution in [0.4, 0.5) is 0 Å². The average Bonchev–Trinajstić information content (AvgIpc) is 2.67. The van der Waals surface area contributed by atoms with Crippen LogP contribution in [0.25, 0.3) is 0 Å². The van der Waals surface area contributed by atoms with Gasteiger partial charge in [-0.3, -0.25) is 0 Å². The van der Waals surface area contributed by atoms with Crippen molar-refractivity contribution >= 4 is 10.0 Å². The Morgan fingerprint density at radius 3 is 2.24 bits per heavy atom. The van der Waals surface area contributed by atoms with Gasteiger partial charge in [0.15, 0.2) is 0 Å². The van der Waals surface area contributed by atoms with E-state index in [4.69, 9.17) is 0 Å². The summed E-state index contributed by atoms with van der Waals surface area (Å²) in [5.41, 5.74) is 8.11. The fourth-order valence-corrected chi connectivity index (χ4v) is 3.89. The van der Waals surface area contributed by atoms with E-state index in [1.807, 2.05) is 32.9 Å². The molecule has 1 aliphatic rings. The molecule has 0 spiro atoms. The molecule has 0 atom stereocenters. The maximum atomic E-state index is 12.4. The summed E-state index contributed by atoms with van der Waals surface area (Å²) in [4.78, 5) is 0.402. The van der Waals surface area contributed by atoms with E-state index in [9.17, 15) is 8.42 Å². The first kappa shape index (κ1) is 12.5. The number of hydrogen-bond acceptors (Lipinski definition) is 4. The molecule has 1 aromatic carbocycles. The van der Waals surface area contributed by atoms with Crippen LogP contribution < -0.4 is 11.0 Å². The summed E-state index contributed by atoms with van der Waals surface area (Å²) in [6.07, 6.45) is 0. The van der Waals surface area contributed by atoms with E-state index in [-0.39, 0.29) is 0 Å². The van der Waals surface area contributed by atoms with Crippen LogP contribution in [0.3, 0.4) is 0 Å². The highest BCUT2D eigenvalue weighted by Gasteiger charge is 2.29. The molecule has 1 saturated heterocycles. The highest BCUT2D eigenvalue weighted by molar-refractivity contribution is 7.89. The van der Waals surface area contributed by atoms with E-state index in [2.05, 4.69) is 11.0 Å². The van der Waals surface area contributed by atoms with Crippen LogP contribution in [0.2, 0.25) is 0 Å². The van der Waals surface area contributed by atoms with Gasteiger partial charge in [0.2, 0.25) is 0 Å². The molecule has 1 aliphatic heterocycles. The van der Waals surface area contributed by atoms with Gasteiger partial charge in [0.25, 0.3) is 10.0 Å². The zero-order valence-electron chi connectivity index (χ0n) is 10.2. The van der Waals surface area contributed by atoms with Gasteiger partial charge in [-0.05, 0) is 31.9 Å². The van der Waals surface area contributed by atoms with Crippen molar-refractivity contribution in [3.8, 4) is 0 Å². The molecule has 0 saturated carbocycles. The van der Waals surface area contributed by atoms with Gasteiger partial charge in [0.1, 0.15) is 0 Å². The molecule has 0 amide bonds. The molecule has 1 aromatic rings. The highest BCUT2D eigenvalue weighted by atomic mass is 32.2. The van der Waals surface area contributed by atoms with Crippen molar-refractivity contribution in [1.29, 1.82) is 0 Å². The van der Waals surface area contributed by atoms with Gasteiger partial charge in [-0.2, -0.15) is 5.53 Å². The van der Waals surface area contributed by atoms with E-state index in [1.54, 1.807) is 0 Å². The number of sulfonamides is 1. The van der Waals surface area contributed by atoms with Crippen molar-refractivity contribution in [2.45, 2.75) is 25.7 Å². The molecule has 2 N–H and O–H groups in total. The molecule has 1 fully saturated rings. The lowest BCUT2D eigenvalue weighted by Gasteiger charge is -2.18. The molecule has 0 unspecified atom stereocenters. The smallest absolute Gasteiger partial charge is 0.242 e. The minimum Gasteiger partial charge on any atom is -0.242 e. The van der Waals surface area contributed by atoms with Gasteiger partial charge in [-0.25, -0.2) is 13.8 Å². The molecule has 5 nitrogen and oxygen atoms in total. The summed E-state index contributed by atoms with van der Waals surface area (Å²) < 4.78 is 26.1. The Kier molecular flexibility index (Phi) is 3.22. The van der Waals surface area contributed by atoms with Crippen molar-refractivity contribution in [1.82, 2.24) is 15.4 Å². The summed E-state index contributed by atoms with van der Waals surface area (Å²) in [6.45, 7) is 6.68. The monoisotopic (exact) mass is 255 g/mol. The molecule has 0 aromatic heterocycles. The number of nitrogens with one attached hydrogen (secondary N) is 2. The molecule has 0 radical (unpaired) electrons. The van der Waals surface area contributed by atoms with E-state index in [1.165, 1.54) is 4.41 Å². The van der Waals surface area contributed by atoms with Gasteiger partial charge in [-0.1, -0.05) is 17.7 Å². The Hall–Kier alpha value is -0.950. The molecule has 94 valence electrons. The van der Waals surface area contributed by atoms with Crippen molar-refractivity contribution in [2.24, 2.45) is 0 Å². The average molecular weight is 255 g/mol. The maximum Gasteiger partial charge on any atom is 0.257 e. The number of rotatable bonds is 2. The highest BCUT2D eigenvalue weighted by Crippen LogP contribution is 2.24. The Bertz CT molecular complexity index is 511. The van der Waals surface area contributed by atoms with Crippen molar-refractivity contribution in [3.05, 3.63) is 28.8 Å². The van der Waals surface area contributed by atoms with Crippen LogP contribution in [0, 0.1) is 20.8 Å². The van der Waals surface area contributed by atoms with Crippen LogP contribution in [0.5, 0.6) is 0 Å². The lowest BCUT2D eigenvalue weighted by molar-refractivity contribution is 0.369. The first-order chi connectivity index (χ1) is 7.93. The lowest BCUT2D eigenvalue weighted by atomic mass is 10.1. The second-order valence-electron chi connectivity index (χ2n) is 4.34. The number of aryl methyl sites for hydroxylation is 3. The Labute approximate surface area is 102 Å². The quantitative estimate of drug-likeness (QED) is 0.813. The number of nitrogens with zero attached hydrogens (tertiary/aromatic N) is 1. The van der Waals surface area contributed by atoms with Gasteiger partial charge in [0, 0.05) is 13.1 Å². The summed E-state index contributed by atoms with van der Waals surface area (Å²) >= 11 is 0. The zero-order chi connectivity index (χ0) is 12.6. The molecule has 0 aliphatic carbocycles. The van der Waals surface area contributed by atoms with E-state index >= 15 is 0 Å². The summed E-state index contributed by atoms with van der Waals surface area (Å²) in [5, 5.41) is 0. The third-order valence-electron chi connectivity index (χ3n) is 2.80. The number of hydrazine groups is 2. The topological polar surface area (TPSA) is 61.4 Å². The van der Waals surface area contributed by atoms with Crippen LogP contribution in [0.1, 0.15) is 16.7 Å². The normalized spacial score (nSPS) is 17.6. The Balaban J connectivity index is 2.53.